The molecule has 3 nitrogen and oxygen atoms in total. The Morgan fingerprint density at radius 1 is 0.846 bits per heavy atom. The van der Waals surface area contributed by atoms with E-state index in [1.807, 2.05) is 24.3 Å². The molecule has 2 aliphatic rings. The molecular formula is C22H25ClN2O. The molecular weight excluding hydrogens is 344 g/mol. The molecule has 0 radical (unpaired) electrons. The highest BCUT2D eigenvalue weighted by molar-refractivity contribution is 6.33. The summed E-state index contributed by atoms with van der Waals surface area (Å²) in [7, 11) is 0. The Kier molecular flexibility index (Phi) is 4.90. The highest BCUT2D eigenvalue weighted by Crippen LogP contribution is 2.42. The van der Waals surface area contributed by atoms with Gasteiger partial charge in [0.2, 0.25) is 5.91 Å². The number of hydrogen-bond donors (Lipinski definition) is 0. The van der Waals surface area contributed by atoms with Crippen molar-refractivity contribution in [2.24, 2.45) is 0 Å². The van der Waals surface area contributed by atoms with Crippen molar-refractivity contribution < 1.29 is 4.79 Å². The molecule has 4 heteroatoms. The Hall–Kier alpha value is -2.00. The number of nitrogens with zero attached hydrogens (tertiary/aromatic N) is 2. The van der Waals surface area contributed by atoms with Gasteiger partial charge in [0.25, 0.3) is 0 Å². The third-order valence-corrected chi connectivity index (χ3v) is 6.27. The van der Waals surface area contributed by atoms with E-state index >= 15 is 0 Å². The van der Waals surface area contributed by atoms with E-state index in [1.165, 1.54) is 5.56 Å². The molecule has 4 rings (SSSR count). The summed E-state index contributed by atoms with van der Waals surface area (Å²) in [4.78, 5) is 17.9. The van der Waals surface area contributed by atoms with Crippen molar-refractivity contribution in [3.8, 4) is 0 Å². The second-order valence-corrected chi connectivity index (χ2v) is 7.79. The number of carbonyl (C=O) groups is 1. The van der Waals surface area contributed by atoms with E-state index in [0.717, 1.165) is 62.6 Å². The highest BCUT2D eigenvalue weighted by atomic mass is 35.5. The molecule has 1 amide bonds. The predicted molar refractivity (Wildman–Crippen MR) is 107 cm³/mol. The number of halogens is 1. The first-order valence-electron chi connectivity index (χ1n) is 9.55. The molecule has 1 saturated heterocycles. The lowest BCUT2D eigenvalue weighted by molar-refractivity contribution is -0.137. The van der Waals surface area contributed by atoms with E-state index in [-0.39, 0.29) is 5.41 Å². The molecule has 0 atom stereocenters. The Labute approximate surface area is 160 Å². The van der Waals surface area contributed by atoms with Gasteiger partial charge in [-0.2, -0.15) is 0 Å². The fourth-order valence-corrected chi connectivity index (χ4v) is 4.78. The number of anilines is 1. The first kappa shape index (κ1) is 17.4. The van der Waals surface area contributed by atoms with Gasteiger partial charge in [0.1, 0.15) is 0 Å². The van der Waals surface area contributed by atoms with Gasteiger partial charge in [-0.05, 0) is 30.5 Å². The second-order valence-electron chi connectivity index (χ2n) is 7.39. The van der Waals surface area contributed by atoms with Crippen LogP contribution < -0.4 is 4.90 Å². The van der Waals surface area contributed by atoms with E-state index < -0.39 is 0 Å². The standard InChI is InChI=1S/C22H25ClN2O/c23-19-10-4-5-11-20(19)24-14-16-25(17-15-24)21(26)22(12-6-7-13-22)18-8-2-1-3-9-18/h1-5,8-11H,6-7,12-17H2. The van der Waals surface area contributed by atoms with Gasteiger partial charge < -0.3 is 9.80 Å². The second kappa shape index (κ2) is 7.32. The summed E-state index contributed by atoms with van der Waals surface area (Å²) in [6, 6.07) is 18.3. The molecule has 1 heterocycles. The monoisotopic (exact) mass is 368 g/mol. The molecule has 136 valence electrons. The van der Waals surface area contributed by atoms with Crippen molar-refractivity contribution in [1.29, 1.82) is 0 Å². The van der Waals surface area contributed by atoms with Crippen LogP contribution in [0.2, 0.25) is 5.02 Å². The zero-order chi connectivity index (χ0) is 18.0. The zero-order valence-electron chi connectivity index (χ0n) is 15.0. The minimum Gasteiger partial charge on any atom is -0.367 e. The first-order chi connectivity index (χ1) is 12.7. The molecule has 2 aromatic rings. The van der Waals surface area contributed by atoms with Crippen LogP contribution in [0.15, 0.2) is 54.6 Å². The number of hydrogen-bond acceptors (Lipinski definition) is 2. The van der Waals surface area contributed by atoms with Gasteiger partial charge >= 0.3 is 0 Å². The lowest BCUT2D eigenvalue weighted by Crippen LogP contribution is -2.54. The maximum atomic E-state index is 13.5. The van der Waals surface area contributed by atoms with E-state index in [1.54, 1.807) is 0 Å². The van der Waals surface area contributed by atoms with E-state index in [2.05, 4.69) is 40.1 Å². The van der Waals surface area contributed by atoms with Gasteiger partial charge in [-0.25, -0.2) is 0 Å². The van der Waals surface area contributed by atoms with Gasteiger partial charge in [-0.1, -0.05) is 66.9 Å². The Morgan fingerprint density at radius 3 is 2.12 bits per heavy atom. The number of para-hydroxylation sites is 1. The summed E-state index contributed by atoms with van der Waals surface area (Å²) in [5.41, 5.74) is 1.95. The maximum absolute atomic E-state index is 13.5. The number of piperazine rings is 1. The van der Waals surface area contributed by atoms with Gasteiger partial charge in [-0.3, -0.25) is 4.79 Å². The van der Waals surface area contributed by atoms with Gasteiger partial charge in [0, 0.05) is 26.2 Å². The quantitative estimate of drug-likeness (QED) is 0.796. The summed E-state index contributed by atoms with van der Waals surface area (Å²) in [6.45, 7) is 3.19. The molecule has 2 fully saturated rings. The molecule has 0 N–H and O–H groups in total. The van der Waals surface area contributed by atoms with Crippen LogP contribution in [0.5, 0.6) is 0 Å². The van der Waals surface area contributed by atoms with Gasteiger partial charge in [0.15, 0.2) is 0 Å². The minimum absolute atomic E-state index is 0.312. The van der Waals surface area contributed by atoms with Gasteiger partial charge in [0.05, 0.1) is 16.1 Å². The predicted octanol–water partition coefficient (Wildman–Crippen LogP) is 4.50. The molecule has 1 saturated carbocycles. The number of amides is 1. The molecule has 1 aliphatic carbocycles. The van der Waals surface area contributed by atoms with Crippen molar-refractivity contribution in [2.45, 2.75) is 31.1 Å². The molecule has 0 bridgehead atoms. The lowest BCUT2D eigenvalue weighted by atomic mass is 9.77. The average molecular weight is 369 g/mol. The van der Waals surface area contributed by atoms with Crippen molar-refractivity contribution in [3.63, 3.8) is 0 Å². The van der Waals surface area contributed by atoms with Crippen molar-refractivity contribution in [2.75, 3.05) is 31.1 Å². The fourth-order valence-electron chi connectivity index (χ4n) is 4.52. The first-order valence-corrected chi connectivity index (χ1v) is 9.93. The summed E-state index contributed by atoms with van der Waals surface area (Å²) in [5, 5.41) is 0.781. The van der Waals surface area contributed by atoms with Crippen LogP contribution in [0.4, 0.5) is 5.69 Å². The van der Waals surface area contributed by atoms with Crippen LogP contribution in [-0.2, 0) is 10.2 Å². The number of carbonyl (C=O) groups excluding carboxylic acids is 1. The summed E-state index contributed by atoms with van der Waals surface area (Å²) in [5.74, 6) is 0.319. The maximum Gasteiger partial charge on any atom is 0.233 e. The van der Waals surface area contributed by atoms with Crippen LogP contribution in [0.1, 0.15) is 31.2 Å². The Bertz CT molecular complexity index is 763. The fraction of sp³-hybridized carbons (Fsp3) is 0.409. The molecule has 2 aromatic carbocycles. The van der Waals surface area contributed by atoms with Crippen LogP contribution in [0, 0.1) is 0 Å². The van der Waals surface area contributed by atoms with Crippen LogP contribution >= 0.6 is 11.6 Å². The normalized spacial score (nSPS) is 19.6. The van der Waals surface area contributed by atoms with Crippen molar-refractivity contribution >= 4 is 23.2 Å². The van der Waals surface area contributed by atoms with Gasteiger partial charge in [-0.15, -0.1) is 0 Å². The lowest BCUT2D eigenvalue weighted by Gasteiger charge is -2.41. The van der Waals surface area contributed by atoms with E-state index in [0.29, 0.717) is 5.91 Å². The third kappa shape index (κ3) is 3.09. The largest absolute Gasteiger partial charge is 0.367 e. The molecule has 26 heavy (non-hydrogen) atoms. The molecule has 0 unspecified atom stereocenters. The zero-order valence-corrected chi connectivity index (χ0v) is 15.8. The summed E-state index contributed by atoms with van der Waals surface area (Å²) in [6.07, 6.45) is 4.22. The molecule has 0 aromatic heterocycles. The van der Waals surface area contributed by atoms with E-state index in [4.69, 9.17) is 11.6 Å². The van der Waals surface area contributed by atoms with Crippen LogP contribution in [-0.4, -0.2) is 37.0 Å². The summed E-state index contributed by atoms with van der Waals surface area (Å²) >= 11 is 6.34. The Balaban J connectivity index is 1.50. The van der Waals surface area contributed by atoms with Crippen molar-refractivity contribution in [1.82, 2.24) is 4.90 Å². The minimum atomic E-state index is -0.312. The topological polar surface area (TPSA) is 23.6 Å². The molecule has 0 spiro atoms. The number of rotatable bonds is 3. The SMILES string of the molecule is O=C(N1CCN(c2ccccc2Cl)CC1)C1(c2ccccc2)CCCC1. The smallest absolute Gasteiger partial charge is 0.233 e. The average Bonchev–Trinajstić information content (AvgIpc) is 3.20. The Morgan fingerprint density at radius 2 is 1.46 bits per heavy atom. The van der Waals surface area contributed by atoms with E-state index in [9.17, 15) is 4.79 Å². The molecule has 1 aliphatic heterocycles. The van der Waals surface area contributed by atoms with Crippen LogP contribution in [0.25, 0.3) is 0 Å². The third-order valence-electron chi connectivity index (χ3n) is 5.95. The van der Waals surface area contributed by atoms with Crippen molar-refractivity contribution in [3.05, 3.63) is 65.2 Å². The van der Waals surface area contributed by atoms with Crippen LogP contribution in [0.3, 0.4) is 0 Å². The summed E-state index contributed by atoms with van der Waals surface area (Å²) < 4.78 is 0. The number of benzene rings is 2. The highest BCUT2D eigenvalue weighted by Gasteiger charge is 2.45.